The van der Waals surface area contributed by atoms with Crippen LogP contribution < -0.4 is 10.6 Å². The highest BCUT2D eigenvalue weighted by Gasteiger charge is 2.15. The van der Waals surface area contributed by atoms with Crippen molar-refractivity contribution < 1.29 is 18.4 Å². The van der Waals surface area contributed by atoms with Crippen molar-refractivity contribution in [1.82, 2.24) is 10.3 Å². The predicted octanol–water partition coefficient (Wildman–Crippen LogP) is 4.35. The summed E-state index contributed by atoms with van der Waals surface area (Å²) in [4.78, 5) is 29.3. The third-order valence-corrected chi connectivity index (χ3v) is 4.36. The lowest BCUT2D eigenvalue weighted by Gasteiger charge is -2.13. The molecule has 1 heterocycles. The molecule has 0 unspecified atom stereocenters. The standard InChI is InChI=1S/C22H21F2N3O2/c1-12(2)21(28)27-17-9-19(18-5-4-13(3)26-20(18)10-17)22(29)25-11-14-6-15(23)8-16(24)7-14/h4-10,12H,11H2,1-3H3,(H,25,29)(H,27,28). The Kier molecular flexibility index (Phi) is 5.87. The van der Waals surface area contributed by atoms with Crippen LogP contribution in [0.2, 0.25) is 0 Å². The van der Waals surface area contributed by atoms with Crippen molar-refractivity contribution in [3.8, 4) is 0 Å². The van der Waals surface area contributed by atoms with E-state index in [0.717, 1.165) is 23.9 Å². The average Bonchev–Trinajstić information content (AvgIpc) is 2.64. The molecule has 7 heteroatoms. The molecule has 0 aliphatic carbocycles. The second kappa shape index (κ2) is 8.34. The largest absolute Gasteiger partial charge is 0.348 e. The minimum atomic E-state index is -0.710. The highest BCUT2D eigenvalue weighted by atomic mass is 19.1. The van der Waals surface area contributed by atoms with E-state index in [-0.39, 0.29) is 18.4 Å². The summed E-state index contributed by atoms with van der Waals surface area (Å²) >= 11 is 0. The molecular weight excluding hydrogens is 376 g/mol. The Morgan fingerprint density at radius 3 is 2.38 bits per heavy atom. The molecule has 0 saturated heterocycles. The Balaban J connectivity index is 1.93. The van der Waals surface area contributed by atoms with Crippen LogP contribution in [0.1, 0.15) is 35.5 Å². The van der Waals surface area contributed by atoms with Crippen molar-refractivity contribution in [2.75, 3.05) is 5.32 Å². The van der Waals surface area contributed by atoms with E-state index in [2.05, 4.69) is 15.6 Å². The smallest absolute Gasteiger partial charge is 0.252 e. The van der Waals surface area contributed by atoms with Gasteiger partial charge >= 0.3 is 0 Å². The molecule has 0 fully saturated rings. The van der Waals surface area contributed by atoms with Gasteiger partial charge in [0, 0.05) is 35.3 Å². The van der Waals surface area contributed by atoms with Crippen molar-refractivity contribution in [2.24, 2.45) is 5.92 Å². The number of carbonyl (C=O) groups excluding carboxylic acids is 2. The van der Waals surface area contributed by atoms with Gasteiger partial charge in [0.15, 0.2) is 0 Å². The van der Waals surface area contributed by atoms with Crippen molar-refractivity contribution in [3.63, 3.8) is 0 Å². The third kappa shape index (κ3) is 4.93. The lowest BCUT2D eigenvalue weighted by molar-refractivity contribution is -0.118. The topological polar surface area (TPSA) is 71.1 Å². The van der Waals surface area contributed by atoms with Gasteiger partial charge in [-0.2, -0.15) is 0 Å². The van der Waals surface area contributed by atoms with Gasteiger partial charge in [-0.25, -0.2) is 8.78 Å². The Morgan fingerprint density at radius 1 is 1.03 bits per heavy atom. The van der Waals surface area contributed by atoms with Gasteiger partial charge in [0.05, 0.1) is 11.1 Å². The minimum absolute atomic E-state index is 0.0448. The number of carbonyl (C=O) groups is 2. The Bertz CT molecular complexity index is 1080. The summed E-state index contributed by atoms with van der Waals surface area (Å²) in [6, 6.07) is 9.93. The summed E-state index contributed by atoms with van der Waals surface area (Å²) in [5.74, 6) is -2.27. The summed E-state index contributed by atoms with van der Waals surface area (Å²) in [5.41, 5.74) is 2.40. The van der Waals surface area contributed by atoms with Crippen LogP contribution in [0, 0.1) is 24.5 Å². The van der Waals surface area contributed by atoms with E-state index in [1.807, 2.05) is 6.92 Å². The molecule has 150 valence electrons. The van der Waals surface area contributed by atoms with E-state index in [9.17, 15) is 18.4 Å². The van der Waals surface area contributed by atoms with E-state index in [0.29, 0.717) is 27.7 Å². The number of aryl methyl sites for hydroxylation is 1. The molecule has 3 rings (SSSR count). The molecule has 1 aromatic heterocycles. The number of rotatable bonds is 5. The monoisotopic (exact) mass is 397 g/mol. The highest BCUT2D eigenvalue weighted by Crippen LogP contribution is 2.24. The van der Waals surface area contributed by atoms with Crippen LogP contribution in [-0.2, 0) is 11.3 Å². The van der Waals surface area contributed by atoms with Crippen LogP contribution in [0.5, 0.6) is 0 Å². The van der Waals surface area contributed by atoms with Gasteiger partial charge in [0.2, 0.25) is 5.91 Å². The summed E-state index contributed by atoms with van der Waals surface area (Å²) in [6.07, 6.45) is 0. The maximum absolute atomic E-state index is 13.4. The quantitative estimate of drug-likeness (QED) is 0.673. The van der Waals surface area contributed by atoms with E-state index in [1.165, 1.54) is 0 Å². The number of aromatic nitrogens is 1. The first-order valence-corrected chi connectivity index (χ1v) is 9.18. The maximum Gasteiger partial charge on any atom is 0.252 e. The molecule has 0 saturated carbocycles. The lowest BCUT2D eigenvalue weighted by Crippen LogP contribution is -2.24. The lowest BCUT2D eigenvalue weighted by atomic mass is 10.0. The molecule has 5 nitrogen and oxygen atoms in total. The van der Waals surface area contributed by atoms with Crippen molar-refractivity contribution >= 4 is 28.4 Å². The highest BCUT2D eigenvalue weighted by molar-refractivity contribution is 6.08. The van der Waals surface area contributed by atoms with E-state index in [1.54, 1.807) is 38.1 Å². The molecular formula is C22H21F2N3O2. The molecule has 2 aromatic carbocycles. The third-order valence-electron chi connectivity index (χ3n) is 4.36. The number of nitrogens with zero attached hydrogens (tertiary/aromatic N) is 1. The van der Waals surface area contributed by atoms with Gasteiger partial charge in [-0.3, -0.25) is 14.6 Å². The molecule has 2 amide bonds. The van der Waals surface area contributed by atoms with Crippen LogP contribution in [-0.4, -0.2) is 16.8 Å². The molecule has 0 aliphatic heterocycles. The molecule has 0 aliphatic rings. The summed E-state index contributed by atoms with van der Waals surface area (Å²) in [5, 5.41) is 6.06. The van der Waals surface area contributed by atoms with Gasteiger partial charge in [-0.05, 0) is 42.8 Å². The predicted molar refractivity (Wildman–Crippen MR) is 107 cm³/mol. The second-order valence-corrected chi connectivity index (χ2v) is 7.15. The number of nitrogens with one attached hydrogen (secondary N) is 2. The number of hydrogen-bond acceptors (Lipinski definition) is 3. The van der Waals surface area contributed by atoms with Crippen molar-refractivity contribution in [2.45, 2.75) is 27.3 Å². The van der Waals surface area contributed by atoms with Crippen LogP contribution in [0.25, 0.3) is 10.9 Å². The molecule has 2 N–H and O–H groups in total. The Morgan fingerprint density at radius 2 is 1.72 bits per heavy atom. The first-order valence-electron chi connectivity index (χ1n) is 9.18. The van der Waals surface area contributed by atoms with Gasteiger partial charge in [0.25, 0.3) is 5.91 Å². The molecule has 29 heavy (non-hydrogen) atoms. The van der Waals surface area contributed by atoms with Crippen LogP contribution in [0.15, 0.2) is 42.5 Å². The molecule has 0 radical (unpaired) electrons. The number of benzene rings is 2. The fraction of sp³-hybridized carbons (Fsp3) is 0.227. The molecule has 3 aromatic rings. The van der Waals surface area contributed by atoms with Crippen molar-refractivity contribution in [3.05, 3.63) is 70.9 Å². The maximum atomic E-state index is 13.4. The number of anilines is 1. The van der Waals surface area contributed by atoms with E-state index < -0.39 is 17.5 Å². The number of fused-ring (bicyclic) bond motifs is 1. The molecule has 0 bridgehead atoms. The summed E-state index contributed by atoms with van der Waals surface area (Å²) in [7, 11) is 0. The summed E-state index contributed by atoms with van der Waals surface area (Å²) < 4.78 is 26.7. The van der Waals surface area contributed by atoms with E-state index in [4.69, 9.17) is 0 Å². The molecule has 0 spiro atoms. The van der Waals surface area contributed by atoms with Gasteiger partial charge in [-0.15, -0.1) is 0 Å². The van der Waals surface area contributed by atoms with Gasteiger partial charge in [-0.1, -0.05) is 19.9 Å². The Hall–Kier alpha value is -3.35. The first kappa shape index (κ1) is 20.4. The van der Waals surface area contributed by atoms with Crippen LogP contribution in [0.3, 0.4) is 0 Å². The number of amides is 2. The molecule has 0 atom stereocenters. The number of halogens is 2. The van der Waals surface area contributed by atoms with Gasteiger partial charge < -0.3 is 10.6 Å². The second-order valence-electron chi connectivity index (χ2n) is 7.15. The minimum Gasteiger partial charge on any atom is -0.348 e. The fourth-order valence-electron chi connectivity index (χ4n) is 2.87. The van der Waals surface area contributed by atoms with Crippen LogP contribution in [0.4, 0.5) is 14.5 Å². The zero-order chi connectivity index (χ0) is 21.1. The van der Waals surface area contributed by atoms with E-state index >= 15 is 0 Å². The number of pyridine rings is 1. The Labute approximate surface area is 167 Å². The zero-order valence-corrected chi connectivity index (χ0v) is 16.3. The number of hydrogen-bond donors (Lipinski definition) is 2. The van der Waals surface area contributed by atoms with Crippen molar-refractivity contribution in [1.29, 1.82) is 0 Å². The zero-order valence-electron chi connectivity index (χ0n) is 16.3. The SMILES string of the molecule is Cc1ccc2c(C(=O)NCc3cc(F)cc(F)c3)cc(NC(=O)C(C)C)cc2n1. The summed E-state index contributed by atoms with van der Waals surface area (Å²) in [6.45, 7) is 5.32. The van der Waals surface area contributed by atoms with Gasteiger partial charge in [0.1, 0.15) is 11.6 Å². The first-order chi connectivity index (χ1) is 13.7. The van der Waals surface area contributed by atoms with Crippen LogP contribution >= 0.6 is 0 Å². The fourth-order valence-corrected chi connectivity index (χ4v) is 2.87. The average molecular weight is 397 g/mol. The normalized spacial score (nSPS) is 11.0.